The van der Waals surface area contributed by atoms with Crippen molar-refractivity contribution in [2.45, 2.75) is 26.3 Å². The minimum atomic E-state index is -0.0313. The van der Waals surface area contributed by atoms with E-state index in [1.807, 2.05) is 23.6 Å². The molecule has 1 heterocycles. The number of hydrogen-bond donors (Lipinski definition) is 2. The summed E-state index contributed by atoms with van der Waals surface area (Å²) in [5.41, 5.74) is 8.69. The molecule has 0 aliphatic carbocycles. The highest BCUT2D eigenvalue weighted by Crippen LogP contribution is 2.12. The Hall–Kier alpha value is -1.88. The van der Waals surface area contributed by atoms with Gasteiger partial charge in [0.05, 0.1) is 12.1 Å². The molecule has 5 heteroatoms. The monoisotopic (exact) mass is 275 g/mol. The number of hydrogen-bond acceptors (Lipinski definition) is 4. The number of rotatable bonds is 5. The van der Waals surface area contributed by atoms with Crippen LogP contribution in [0.2, 0.25) is 0 Å². The fourth-order valence-electron chi connectivity index (χ4n) is 1.90. The Kier molecular flexibility index (Phi) is 4.52. The molecule has 2 aromatic rings. The van der Waals surface area contributed by atoms with Crippen molar-refractivity contribution in [2.75, 3.05) is 5.73 Å². The number of benzene rings is 1. The van der Waals surface area contributed by atoms with Gasteiger partial charge in [0.2, 0.25) is 5.91 Å². The minimum Gasteiger partial charge on any atom is -0.375 e. The topological polar surface area (TPSA) is 68.0 Å². The molecule has 100 valence electrons. The molecule has 0 spiro atoms. The molecule has 0 unspecified atom stereocenters. The van der Waals surface area contributed by atoms with Gasteiger partial charge in [-0.1, -0.05) is 31.2 Å². The Bertz CT molecular complexity index is 565. The zero-order valence-electron chi connectivity index (χ0n) is 10.8. The van der Waals surface area contributed by atoms with Crippen LogP contribution in [0.5, 0.6) is 0 Å². The second-order valence-electron chi connectivity index (χ2n) is 4.25. The maximum absolute atomic E-state index is 11.8. The van der Waals surface area contributed by atoms with E-state index in [0.29, 0.717) is 11.7 Å². The average molecular weight is 275 g/mol. The predicted molar refractivity (Wildman–Crippen MR) is 77.9 cm³/mol. The molecule has 4 nitrogen and oxygen atoms in total. The lowest BCUT2D eigenvalue weighted by atomic mass is 10.1. The highest BCUT2D eigenvalue weighted by molar-refractivity contribution is 7.13. The van der Waals surface area contributed by atoms with Gasteiger partial charge < -0.3 is 11.1 Å². The summed E-state index contributed by atoms with van der Waals surface area (Å²) in [5.74, 6) is -0.0313. The molecular weight excluding hydrogens is 258 g/mol. The molecule has 3 N–H and O–H groups in total. The molecule has 0 atom stereocenters. The fraction of sp³-hybridized carbons (Fsp3) is 0.286. The van der Waals surface area contributed by atoms with Crippen LogP contribution in [0.4, 0.5) is 5.13 Å². The number of aryl methyl sites for hydroxylation is 1. The lowest BCUT2D eigenvalue weighted by Crippen LogP contribution is -2.25. The minimum absolute atomic E-state index is 0.0313. The third-order valence-corrected chi connectivity index (χ3v) is 3.61. The maximum Gasteiger partial charge on any atom is 0.226 e. The molecule has 0 saturated heterocycles. The SMILES string of the molecule is CCc1ccccc1CNC(=O)Cc1csc(N)n1. The van der Waals surface area contributed by atoms with Gasteiger partial charge in [-0.25, -0.2) is 4.98 Å². The van der Waals surface area contributed by atoms with Crippen molar-refractivity contribution >= 4 is 22.4 Å². The first-order valence-electron chi connectivity index (χ1n) is 6.22. The van der Waals surface area contributed by atoms with E-state index in [1.165, 1.54) is 16.9 Å². The van der Waals surface area contributed by atoms with Crippen molar-refractivity contribution in [1.29, 1.82) is 0 Å². The predicted octanol–water partition coefficient (Wildman–Crippen LogP) is 2.15. The molecule has 0 saturated carbocycles. The zero-order valence-corrected chi connectivity index (χ0v) is 11.7. The van der Waals surface area contributed by atoms with Gasteiger partial charge in [0.15, 0.2) is 5.13 Å². The van der Waals surface area contributed by atoms with Gasteiger partial charge >= 0.3 is 0 Å². The van der Waals surface area contributed by atoms with Crippen molar-refractivity contribution in [3.05, 3.63) is 46.5 Å². The van der Waals surface area contributed by atoms with Crippen molar-refractivity contribution in [3.63, 3.8) is 0 Å². The largest absolute Gasteiger partial charge is 0.375 e. The normalized spacial score (nSPS) is 10.4. The summed E-state index contributed by atoms with van der Waals surface area (Å²) < 4.78 is 0. The fourth-order valence-corrected chi connectivity index (χ4v) is 2.46. The van der Waals surface area contributed by atoms with E-state index in [9.17, 15) is 4.79 Å². The van der Waals surface area contributed by atoms with Gasteiger partial charge in [0.25, 0.3) is 0 Å². The number of nitrogens with two attached hydrogens (primary N) is 1. The number of aromatic nitrogens is 1. The summed E-state index contributed by atoms with van der Waals surface area (Å²) in [7, 11) is 0. The van der Waals surface area contributed by atoms with Crippen molar-refractivity contribution in [2.24, 2.45) is 0 Å². The van der Waals surface area contributed by atoms with Crippen molar-refractivity contribution in [1.82, 2.24) is 10.3 Å². The van der Waals surface area contributed by atoms with Gasteiger partial charge in [-0.15, -0.1) is 11.3 Å². The van der Waals surface area contributed by atoms with E-state index in [0.717, 1.165) is 17.7 Å². The Morgan fingerprint density at radius 1 is 1.37 bits per heavy atom. The molecule has 19 heavy (non-hydrogen) atoms. The molecule has 0 radical (unpaired) electrons. The standard InChI is InChI=1S/C14H17N3OS/c1-2-10-5-3-4-6-11(10)8-16-13(18)7-12-9-19-14(15)17-12/h3-6,9H,2,7-8H2,1H3,(H2,15,17)(H,16,18). The highest BCUT2D eigenvalue weighted by atomic mass is 32.1. The average Bonchev–Trinajstić information content (AvgIpc) is 2.82. The summed E-state index contributed by atoms with van der Waals surface area (Å²) in [5, 5.41) is 5.23. The Labute approximate surface area is 116 Å². The number of anilines is 1. The van der Waals surface area contributed by atoms with Crippen LogP contribution in [0, 0.1) is 0 Å². The van der Waals surface area contributed by atoms with Gasteiger partial charge in [0, 0.05) is 11.9 Å². The van der Waals surface area contributed by atoms with Crippen LogP contribution in [0.25, 0.3) is 0 Å². The first kappa shape index (κ1) is 13.5. The second kappa shape index (κ2) is 6.33. The zero-order chi connectivity index (χ0) is 13.7. The number of carbonyl (C=O) groups is 1. The lowest BCUT2D eigenvalue weighted by molar-refractivity contribution is -0.120. The first-order valence-corrected chi connectivity index (χ1v) is 7.10. The van der Waals surface area contributed by atoms with Crippen LogP contribution >= 0.6 is 11.3 Å². The molecule has 0 bridgehead atoms. The van der Waals surface area contributed by atoms with Gasteiger partial charge in [-0.2, -0.15) is 0 Å². The summed E-state index contributed by atoms with van der Waals surface area (Å²) in [6.45, 7) is 2.67. The molecule has 0 fully saturated rings. The number of nitrogen functional groups attached to an aromatic ring is 1. The van der Waals surface area contributed by atoms with Crippen molar-refractivity contribution < 1.29 is 4.79 Å². The number of thiazole rings is 1. The third-order valence-electron chi connectivity index (χ3n) is 2.89. The summed E-state index contributed by atoms with van der Waals surface area (Å²) in [6.07, 6.45) is 1.25. The summed E-state index contributed by atoms with van der Waals surface area (Å²) in [6, 6.07) is 8.13. The molecule has 0 aliphatic heterocycles. The van der Waals surface area contributed by atoms with Gasteiger partial charge in [-0.05, 0) is 17.5 Å². The smallest absolute Gasteiger partial charge is 0.226 e. The number of amides is 1. The van der Waals surface area contributed by atoms with E-state index in [1.54, 1.807) is 0 Å². The van der Waals surface area contributed by atoms with Crippen LogP contribution in [0.3, 0.4) is 0 Å². The summed E-state index contributed by atoms with van der Waals surface area (Å²) >= 11 is 1.35. The highest BCUT2D eigenvalue weighted by Gasteiger charge is 2.07. The Morgan fingerprint density at radius 3 is 2.74 bits per heavy atom. The number of carbonyl (C=O) groups excluding carboxylic acids is 1. The van der Waals surface area contributed by atoms with Crippen LogP contribution in [0.15, 0.2) is 29.6 Å². The van der Waals surface area contributed by atoms with E-state index >= 15 is 0 Å². The van der Waals surface area contributed by atoms with Gasteiger partial charge in [0.1, 0.15) is 0 Å². The Balaban J connectivity index is 1.89. The quantitative estimate of drug-likeness (QED) is 0.878. The molecule has 0 aliphatic rings. The van der Waals surface area contributed by atoms with E-state index in [4.69, 9.17) is 5.73 Å². The Morgan fingerprint density at radius 2 is 2.11 bits per heavy atom. The van der Waals surface area contributed by atoms with Crippen LogP contribution < -0.4 is 11.1 Å². The van der Waals surface area contributed by atoms with Crippen molar-refractivity contribution in [3.8, 4) is 0 Å². The van der Waals surface area contributed by atoms with Crippen LogP contribution in [-0.2, 0) is 24.2 Å². The van der Waals surface area contributed by atoms with E-state index in [-0.39, 0.29) is 12.3 Å². The summed E-state index contributed by atoms with van der Waals surface area (Å²) in [4.78, 5) is 15.9. The van der Waals surface area contributed by atoms with E-state index in [2.05, 4.69) is 23.3 Å². The molecule has 1 aromatic heterocycles. The van der Waals surface area contributed by atoms with Gasteiger partial charge in [-0.3, -0.25) is 4.79 Å². The van der Waals surface area contributed by atoms with Crippen LogP contribution in [0.1, 0.15) is 23.7 Å². The van der Waals surface area contributed by atoms with Crippen LogP contribution in [-0.4, -0.2) is 10.9 Å². The number of nitrogens with zero attached hydrogens (tertiary/aromatic N) is 1. The maximum atomic E-state index is 11.8. The second-order valence-corrected chi connectivity index (χ2v) is 5.14. The molecular formula is C14H17N3OS. The number of nitrogens with one attached hydrogen (secondary N) is 1. The molecule has 1 aromatic carbocycles. The molecule has 2 rings (SSSR count). The van der Waals surface area contributed by atoms with E-state index < -0.39 is 0 Å². The lowest BCUT2D eigenvalue weighted by Gasteiger charge is -2.08. The molecule has 1 amide bonds. The third kappa shape index (κ3) is 3.79. The first-order chi connectivity index (χ1) is 9.19.